The van der Waals surface area contributed by atoms with Gasteiger partial charge in [-0.25, -0.2) is 9.97 Å². The number of likely N-dealkylation sites (N-methyl/N-ethyl adjacent to an activating group) is 1. The van der Waals surface area contributed by atoms with Crippen LogP contribution in [0.3, 0.4) is 0 Å². The van der Waals surface area contributed by atoms with E-state index in [1.54, 1.807) is 24.3 Å². The van der Waals surface area contributed by atoms with E-state index >= 15 is 0 Å². The predicted molar refractivity (Wildman–Crippen MR) is 85.2 cm³/mol. The Morgan fingerprint density at radius 2 is 2.00 bits per heavy atom. The first kappa shape index (κ1) is 13.9. The lowest BCUT2D eigenvalue weighted by molar-refractivity contribution is -0.116. The number of amides is 1. The lowest BCUT2D eigenvalue weighted by Crippen LogP contribution is -2.31. The van der Waals surface area contributed by atoms with Gasteiger partial charge in [-0.15, -0.1) is 0 Å². The molecule has 0 saturated heterocycles. The fourth-order valence-corrected chi connectivity index (χ4v) is 2.28. The molecule has 0 spiro atoms. The van der Waals surface area contributed by atoms with Gasteiger partial charge in [0.2, 0.25) is 5.91 Å². The first-order chi connectivity index (χ1) is 10.6. The van der Waals surface area contributed by atoms with Gasteiger partial charge in [-0.05, 0) is 24.3 Å². The third-order valence-corrected chi connectivity index (χ3v) is 3.26. The SMILES string of the molecule is CN(CC(N)=O)c1nc(-c2cccnc2)nc2ccccc12. The van der Waals surface area contributed by atoms with E-state index in [1.807, 2.05) is 36.4 Å². The number of hydrogen-bond donors (Lipinski definition) is 1. The maximum atomic E-state index is 11.2. The van der Waals surface area contributed by atoms with E-state index in [1.165, 1.54) is 0 Å². The fourth-order valence-electron chi connectivity index (χ4n) is 2.28. The van der Waals surface area contributed by atoms with Gasteiger partial charge in [-0.1, -0.05) is 12.1 Å². The molecule has 0 bridgehead atoms. The summed E-state index contributed by atoms with van der Waals surface area (Å²) in [7, 11) is 1.78. The summed E-state index contributed by atoms with van der Waals surface area (Å²) in [5.74, 6) is 0.828. The van der Waals surface area contributed by atoms with Crippen molar-refractivity contribution in [2.45, 2.75) is 0 Å². The van der Waals surface area contributed by atoms with E-state index in [0.29, 0.717) is 11.6 Å². The molecule has 0 unspecified atom stereocenters. The van der Waals surface area contributed by atoms with Crippen molar-refractivity contribution in [3.8, 4) is 11.4 Å². The molecule has 3 rings (SSSR count). The number of hydrogen-bond acceptors (Lipinski definition) is 5. The minimum atomic E-state index is -0.409. The molecule has 0 aliphatic rings. The quantitative estimate of drug-likeness (QED) is 0.790. The highest BCUT2D eigenvalue weighted by Gasteiger charge is 2.13. The minimum absolute atomic E-state index is 0.0908. The molecule has 6 heteroatoms. The van der Waals surface area contributed by atoms with Crippen molar-refractivity contribution in [1.29, 1.82) is 0 Å². The van der Waals surface area contributed by atoms with Crippen molar-refractivity contribution in [2.24, 2.45) is 5.73 Å². The average molecular weight is 293 g/mol. The summed E-state index contributed by atoms with van der Waals surface area (Å²) in [5.41, 5.74) is 6.92. The smallest absolute Gasteiger partial charge is 0.236 e. The van der Waals surface area contributed by atoms with E-state index in [-0.39, 0.29) is 6.54 Å². The molecule has 2 aromatic heterocycles. The Hall–Kier alpha value is -3.02. The van der Waals surface area contributed by atoms with Crippen LogP contribution in [0.2, 0.25) is 0 Å². The van der Waals surface area contributed by atoms with Crippen molar-refractivity contribution < 1.29 is 4.79 Å². The van der Waals surface area contributed by atoms with Gasteiger partial charge >= 0.3 is 0 Å². The molecule has 110 valence electrons. The Bertz CT molecular complexity index is 819. The minimum Gasteiger partial charge on any atom is -0.368 e. The summed E-state index contributed by atoms with van der Waals surface area (Å²) in [4.78, 5) is 26.2. The number of rotatable bonds is 4. The number of primary amides is 1. The second-order valence-corrected chi connectivity index (χ2v) is 4.95. The summed E-state index contributed by atoms with van der Waals surface area (Å²) in [6, 6.07) is 11.4. The van der Waals surface area contributed by atoms with Crippen molar-refractivity contribution in [3.05, 3.63) is 48.8 Å². The summed E-state index contributed by atoms with van der Waals surface area (Å²) in [6.07, 6.45) is 3.41. The van der Waals surface area contributed by atoms with E-state index in [2.05, 4.69) is 15.0 Å². The van der Waals surface area contributed by atoms with Crippen LogP contribution in [0.1, 0.15) is 0 Å². The number of nitrogens with two attached hydrogens (primary N) is 1. The summed E-state index contributed by atoms with van der Waals surface area (Å²) >= 11 is 0. The Kier molecular flexibility index (Phi) is 3.65. The molecule has 0 saturated carbocycles. The Balaban J connectivity index is 2.18. The Morgan fingerprint density at radius 3 is 2.73 bits per heavy atom. The van der Waals surface area contributed by atoms with Crippen LogP contribution < -0.4 is 10.6 Å². The van der Waals surface area contributed by atoms with E-state index < -0.39 is 5.91 Å². The van der Waals surface area contributed by atoms with Crippen LogP contribution >= 0.6 is 0 Å². The van der Waals surface area contributed by atoms with Gasteiger partial charge in [0.25, 0.3) is 0 Å². The van der Waals surface area contributed by atoms with Gasteiger partial charge in [0.15, 0.2) is 5.82 Å². The van der Waals surface area contributed by atoms with Crippen molar-refractivity contribution >= 4 is 22.6 Å². The van der Waals surface area contributed by atoms with Crippen molar-refractivity contribution in [2.75, 3.05) is 18.5 Å². The van der Waals surface area contributed by atoms with Crippen LogP contribution in [0.5, 0.6) is 0 Å². The van der Waals surface area contributed by atoms with Gasteiger partial charge in [-0.2, -0.15) is 0 Å². The number of carbonyl (C=O) groups excluding carboxylic acids is 1. The molecule has 2 heterocycles. The van der Waals surface area contributed by atoms with Crippen LogP contribution in [-0.4, -0.2) is 34.5 Å². The maximum Gasteiger partial charge on any atom is 0.236 e. The van der Waals surface area contributed by atoms with Gasteiger partial charge in [0.05, 0.1) is 12.1 Å². The zero-order valence-electron chi connectivity index (χ0n) is 12.1. The molecule has 0 atom stereocenters. The zero-order valence-corrected chi connectivity index (χ0v) is 12.1. The second kappa shape index (κ2) is 5.77. The Morgan fingerprint density at radius 1 is 1.18 bits per heavy atom. The molecule has 1 aromatic carbocycles. The van der Waals surface area contributed by atoms with Gasteiger partial charge in [0, 0.05) is 30.4 Å². The monoisotopic (exact) mass is 293 g/mol. The lowest BCUT2D eigenvalue weighted by Gasteiger charge is -2.19. The molecule has 6 nitrogen and oxygen atoms in total. The van der Waals surface area contributed by atoms with Gasteiger partial charge in [0.1, 0.15) is 5.82 Å². The summed E-state index contributed by atoms with van der Waals surface area (Å²) in [5, 5.41) is 0.874. The number of aromatic nitrogens is 3. The molecule has 2 N–H and O–H groups in total. The molecular formula is C16H15N5O. The molecule has 0 aliphatic carbocycles. The van der Waals surface area contributed by atoms with Crippen LogP contribution in [-0.2, 0) is 4.79 Å². The van der Waals surface area contributed by atoms with Crippen molar-refractivity contribution in [3.63, 3.8) is 0 Å². The highest BCUT2D eigenvalue weighted by Crippen LogP contribution is 2.26. The number of benzene rings is 1. The largest absolute Gasteiger partial charge is 0.368 e. The molecule has 22 heavy (non-hydrogen) atoms. The van der Waals surface area contributed by atoms with E-state index in [9.17, 15) is 4.79 Å². The topological polar surface area (TPSA) is 85.0 Å². The highest BCUT2D eigenvalue weighted by molar-refractivity contribution is 5.92. The number of nitrogens with zero attached hydrogens (tertiary/aromatic N) is 4. The summed E-state index contributed by atoms with van der Waals surface area (Å²) in [6.45, 7) is 0.0908. The number of anilines is 1. The summed E-state index contributed by atoms with van der Waals surface area (Å²) < 4.78 is 0. The maximum absolute atomic E-state index is 11.2. The van der Waals surface area contributed by atoms with Crippen molar-refractivity contribution in [1.82, 2.24) is 15.0 Å². The number of carbonyl (C=O) groups is 1. The first-order valence-corrected chi connectivity index (χ1v) is 6.82. The average Bonchev–Trinajstić information content (AvgIpc) is 2.54. The predicted octanol–water partition coefficient (Wildman–Crippen LogP) is 1.61. The molecule has 0 radical (unpaired) electrons. The van der Waals surface area contributed by atoms with Crippen LogP contribution in [0, 0.1) is 0 Å². The Labute approximate surface area is 127 Å². The standard InChI is InChI=1S/C16H15N5O/c1-21(10-14(17)22)16-12-6-2-3-7-13(12)19-15(20-16)11-5-4-8-18-9-11/h2-9H,10H2,1H3,(H2,17,22). The lowest BCUT2D eigenvalue weighted by atomic mass is 10.2. The second-order valence-electron chi connectivity index (χ2n) is 4.95. The fraction of sp³-hybridized carbons (Fsp3) is 0.125. The number of pyridine rings is 1. The molecule has 0 aliphatic heterocycles. The normalized spacial score (nSPS) is 10.6. The third-order valence-electron chi connectivity index (χ3n) is 3.26. The van der Waals surface area contributed by atoms with Crippen LogP contribution in [0.15, 0.2) is 48.8 Å². The van der Waals surface area contributed by atoms with E-state index in [0.717, 1.165) is 16.5 Å². The van der Waals surface area contributed by atoms with Crippen LogP contribution in [0.25, 0.3) is 22.3 Å². The number of fused-ring (bicyclic) bond motifs is 1. The third kappa shape index (κ3) is 2.71. The molecule has 0 fully saturated rings. The zero-order chi connectivity index (χ0) is 15.5. The number of para-hydroxylation sites is 1. The van der Waals surface area contributed by atoms with Gasteiger partial charge in [-0.3, -0.25) is 9.78 Å². The first-order valence-electron chi connectivity index (χ1n) is 6.82. The molecule has 3 aromatic rings. The van der Waals surface area contributed by atoms with Crippen LogP contribution in [0.4, 0.5) is 5.82 Å². The van der Waals surface area contributed by atoms with Gasteiger partial charge < -0.3 is 10.6 Å². The highest BCUT2D eigenvalue weighted by atomic mass is 16.1. The molecular weight excluding hydrogens is 278 g/mol. The van der Waals surface area contributed by atoms with E-state index in [4.69, 9.17) is 5.73 Å². The molecule has 1 amide bonds.